The first-order valence-electron chi connectivity index (χ1n) is 11.5. The smallest absolute Gasteiger partial charge is 0.329 e. The third kappa shape index (κ3) is 5.17. The number of amides is 1. The van der Waals surface area contributed by atoms with E-state index in [0.29, 0.717) is 31.7 Å². The number of piperidine rings is 1. The predicted molar refractivity (Wildman–Crippen MR) is 117 cm³/mol. The van der Waals surface area contributed by atoms with E-state index >= 15 is 0 Å². The number of carbonyl (C=O) groups is 3. The molecule has 1 aliphatic carbocycles. The fraction of sp³-hybridized carbons (Fsp3) is 0.640. The standard InChI is InChI=1S/C25H35NO5/c1-17(2)20-13-12-18(3)25(30,15-20)22(27)23(28)26-14-8-7-11-21(26)24(29)31-16-19-9-5-4-6-10-19/h4-6,9-10,17-18,20-21,30H,7-8,11-16H2,1-3H3/t18-,20-,21+,25+/m1/s1. The van der Waals surface area contributed by atoms with Crippen molar-refractivity contribution in [1.29, 1.82) is 0 Å². The summed E-state index contributed by atoms with van der Waals surface area (Å²) < 4.78 is 5.46. The summed E-state index contributed by atoms with van der Waals surface area (Å²) in [6.07, 6.45) is 3.94. The molecule has 170 valence electrons. The van der Waals surface area contributed by atoms with Crippen molar-refractivity contribution in [2.75, 3.05) is 6.54 Å². The van der Waals surface area contributed by atoms with E-state index < -0.39 is 29.3 Å². The second-order valence-electron chi connectivity index (χ2n) is 9.54. The van der Waals surface area contributed by atoms with Crippen molar-refractivity contribution in [2.45, 2.75) is 77.5 Å². The van der Waals surface area contributed by atoms with E-state index in [0.717, 1.165) is 24.8 Å². The number of carbonyl (C=O) groups excluding carboxylic acids is 3. The summed E-state index contributed by atoms with van der Waals surface area (Å²) >= 11 is 0. The molecule has 1 saturated carbocycles. The number of ketones is 1. The minimum atomic E-state index is -1.67. The van der Waals surface area contributed by atoms with E-state index in [1.165, 1.54) is 4.90 Å². The Labute approximate surface area is 185 Å². The van der Waals surface area contributed by atoms with Crippen LogP contribution < -0.4 is 0 Å². The largest absolute Gasteiger partial charge is 0.459 e. The SMILES string of the molecule is CC(C)[C@@H]1CC[C@@H](C)[C@](O)(C(=O)C(=O)N2CCCC[C@H]2C(=O)OCc2ccccc2)C1. The average molecular weight is 430 g/mol. The van der Waals surface area contributed by atoms with Crippen LogP contribution in [-0.4, -0.2) is 45.9 Å². The molecule has 2 aliphatic rings. The molecule has 6 heteroatoms. The maximum atomic E-state index is 13.3. The van der Waals surface area contributed by atoms with Gasteiger partial charge in [0.2, 0.25) is 0 Å². The molecular formula is C25H35NO5. The van der Waals surface area contributed by atoms with E-state index in [4.69, 9.17) is 4.74 Å². The summed E-state index contributed by atoms with van der Waals surface area (Å²) in [6, 6.07) is 8.58. The zero-order chi connectivity index (χ0) is 22.6. The van der Waals surface area contributed by atoms with Crippen LogP contribution in [0.4, 0.5) is 0 Å². The molecule has 0 radical (unpaired) electrons. The van der Waals surface area contributed by atoms with Crippen LogP contribution in [-0.2, 0) is 25.7 Å². The molecule has 0 spiro atoms. The lowest BCUT2D eigenvalue weighted by Crippen LogP contribution is -2.59. The number of likely N-dealkylation sites (tertiary alicyclic amines) is 1. The second kappa shape index (κ2) is 9.94. The van der Waals surface area contributed by atoms with Crippen molar-refractivity contribution in [3.63, 3.8) is 0 Å². The maximum Gasteiger partial charge on any atom is 0.329 e. The number of benzene rings is 1. The van der Waals surface area contributed by atoms with Gasteiger partial charge in [-0.05, 0) is 61.8 Å². The van der Waals surface area contributed by atoms with Crippen molar-refractivity contribution in [1.82, 2.24) is 4.90 Å². The highest BCUT2D eigenvalue weighted by molar-refractivity contribution is 6.39. The van der Waals surface area contributed by atoms with Gasteiger partial charge in [-0.1, -0.05) is 51.1 Å². The summed E-state index contributed by atoms with van der Waals surface area (Å²) in [5.41, 5.74) is -0.800. The lowest BCUT2D eigenvalue weighted by molar-refractivity contribution is -0.169. The van der Waals surface area contributed by atoms with Crippen LogP contribution >= 0.6 is 0 Å². The fourth-order valence-electron chi connectivity index (χ4n) is 4.85. The molecule has 1 amide bonds. The molecule has 1 aromatic rings. The van der Waals surface area contributed by atoms with Gasteiger partial charge in [0.05, 0.1) is 0 Å². The van der Waals surface area contributed by atoms with Gasteiger partial charge < -0.3 is 14.7 Å². The minimum absolute atomic E-state index is 0.128. The van der Waals surface area contributed by atoms with Gasteiger partial charge in [0.25, 0.3) is 11.7 Å². The average Bonchev–Trinajstić information content (AvgIpc) is 2.78. The Balaban J connectivity index is 1.71. The molecule has 2 fully saturated rings. The van der Waals surface area contributed by atoms with Crippen LogP contribution in [0.1, 0.15) is 64.9 Å². The molecule has 3 rings (SSSR count). The van der Waals surface area contributed by atoms with Crippen molar-refractivity contribution < 1.29 is 24.2 Å². The number of hydrogen-bond donors (Lipinski definition) is 1. The topological polar surface area (TPSA) is 83.9 Å². The lowest BCUT2D eigenvalue weighted by atomic mass is 9.66. The van der Waals surface area contributed by atoms with Gasteiger partial charge in [-0.2, -0.15) is 0 Å². The first kappa shape index (κ1) is 23.5. The molecule has 1 N–H and O–H groups in total. The molecule has 0 bridgehead atoms. The van der Waals surface area contributed by atoms with Crippen LogP contribution in [0.3, 0.4) is 0 Å². The molecule has 1 saturated heterocycles. The number of Topliss-reactive ketones (excluding diaryl/α,β-unsaturated/α-hetero) is 1. The van der Waals surface area contributed by atoms with Gasteiger partial charge in [-0.25, -0.2) is 4.79 Å². The number of hydrogen-bond acceptors (Lipinski definition) is 5. The zero-order valence-electron chi connectivity index (χ0n) is 18.9. The summed E-state index contributed by atoms with van der Waals surface area (Å²) in [5.74, 6) is -1.77. The highest BCUT2D eigenvalue weighted by Crippen LogP contribution is 2.41. The molecule has 1 aromatic carbocycles. The highest BCUT2D eigenvalue weighted by Gasteiger charge is 2.51. The number of rotatable bonds is 6. The van der Waals surface area contributed by atoms with E-state index in [1.54, 1.807) is 0 Å². The predicted octanol–water partition coefficient (Wildman–Crippen LogP) is 3.50. The van der Waals surface area contributed by atoms with Gasteiger partial charge in [0.1, 0.15) is 18.2 Å². The van der Waals surface area contributed by atoms with Crippen LogP contribution in [0, 0.1) is 17.8 Å². The molecule has 6 nitrogen and oxygen atoms in total. The molecule has 0 unspecified atom stereocenters. The molecule has 0 aromatic heterocycles. The second-order valence-corrected chi connectivity index (χ2v) is 9.54. The first-order valence-corrected chi connectivity index (χ1v) is 11.5. The van der Waals surface area contributed by atoms with Crippen LogP contribution in [0.2, 0.25) is 0 Å². The third-order valence-corrected chi connectivity index (χ3v) is 7.15. The third-order valence-electron chi connectivity index (χ3n) is 7.15. The Hall–Kier alpha value is -2.21. The van der Waals surface area contributed by atoms with Gasteiger partial charge in [-0.15, -0.1) is 0 Å². The van der Waals surface area contributed by atoms with Crippen molar-refractivity contribution >= 4 is 17.7 Å². The van der Waals surface area contributed by atoms with Gasteiger partial charge in [0, 0.05) is 6.54 Å². The van der Waals surface area contributed by atoms with Crippen molar-refractivity contribution in [3.8, 4) is 0 Å². The summed E-state index contributed by atoms with van der Waals surface area (Å²) in [4.78, 5) is 40.6. The number of esters is 1. The van der Waals surface area contributed by atoms with Gasteiger partial charge >= 0.3 is 5.97 Å². The highest BCUT2D eigenvalue weighted by atomic mass is 16.5. The van der Waals surface area contributed by atoms with Crippen LogP contribution in [0.25, 0.3) is 0 Å². The molecule has 31 heavy (non-hydrogen) atoms. The maximum absolute atomic E-state index is 13.3. The number of ether oxygens (including phenoxy) is 1. The number of aliphatic hydroxyl groups is 1. The summed E-state index contributed by atoms with van der Waals surface area (Å²) in [6.45, 7) is 6.45. The normalized spacial score (nSPS) is 28.9. The fourth-order valence-corrected chi connectivity index (χ4v) is 4.85. The quantitative estimate of drug-likeness (QED) is 0.553. The minimum Gasteiger partial charge on any atom is -0.459 e. The summed E-state index contributed by atoms with van der Waals surface area (Å²) in [5, 5.41) is 11.3. The molecule has 1 aliphatic heterocycles. The first-order chi connectivity index (χ1) is 14.7. The van der Waals surface area contributed by atoms with Gasteiger partial charge in [-0.3, -0.25) is 9.59 Å². The van der Waals surface area contributed by atoms with Crippen molar-refractivity contribution in [2.24, 2.45) is 17.8 Å². The lowest BCUT2D eigenvalue weighted by Gasteiger charge is -2.43. The van der Waals surface area contributed by atoms with E-state index in [2.05, 4.69) is 13.8 Å². The summed E-state index contributed by atoms with van der Waals surface area (Å²) in [7, 11) is 0. The molecule has 4 atom stereocenters. The van der Waals surface area contributed by atoms with E-state index in [9.17, 15) is 19.5 Å². The van der Waals surface area contributed by atoms with E-state index in [1.807, 2.05) is 37.3 Å². The van der Waals surface area contributed by atoms with E-state index in [-0.39, 0.29) is 18.4 Å². The Bertz CT molecular complexity index is 792. The Morgan fingerprint density at radius 3 is 2.52 bits per heavy atom. The Morgan fingerprint density at radius 2 is 1.84 bits per heavy atom. The Kier molecular flexibility index (Phi) is 7.52. The molecular weight excluding hydrogens is 394 g/mol. The van der Waals surface area contributed by atoms with Gasteiger partial charge in [0.15, 0.2) is 0 Å². The number of nitrogens with zero attached hydrogens (tertiary/aromatic N) is 1. The Morgan fingerprint density at radius 1 is 1.13 bits per heavy atom. The monoisotopic (exact) mass is 429 g/mol. The van der Waals surface area contributed by atoms with Crippen LogP contribution in [0.5, 0.6) is 0 Å². The zero-order valence-corrected chi connectivity index (χ0v) is 18.9. The van der Waals surface area contributed by atoms with Crippen LogP contribution in [0.15, 0.2) is 30.3 Å². The van der Waals surface area contributed by atoms with Crippen molar-refractivity contribution in [3.05, 3.63) is 35.9 Å². The molecule has 1 heterocycles.